The van der Waals surface area contributed by atoms with Crippen LogP contribution < -0.4 is 0 Å². The molecule has 1 atom stereocenters. The zero-order chi connectivity index (χ0) is 35.2. The minimum atomic E-state index is -0.762. The summed E-state index contributed by atoms with van der Waals surface area (Å²) in [7, 11) is 0. The van der Waals surface area contributed by atoms with E-state index in [-0.39, 0.29) is 25.2 Å². The predicted octanol–water partition coefficient (Wildman–Crippen LogP) is 13.4. The van der Waals surface area contributed by atoms with Crippen LogP contribution in [0.4, 0.5) is 0 Å². The summed E-state index contributed by atoms with van der Waals surface area (Å²) in [6, 6.07) is 0. The average molecular weight is 681 g/mol. The van der Waals surface area contributed by atoms with Crippen molar-refractivity contribution in [2.24, 2.45) is 5.92 Å². The number of rotatable bonds is 39. The summed E-state index contributed by atoms with van der Waals surface area (Å²) >= 11 is 0. The average Bonchev–Trinajstić information content (AvgIpc) is 3.07. The highest BCUT2D eigenvalue weighted by Crippen LogP contribution is 2.16. The van der Waals surface area contributed by atoms with Gasteiger partial charge in [0.25, 0.3) is 0 Å². The van der Waals surface area contributed by atoms with Crippen LogP contribution in [0.1, 0.15) is 239 Å². The van der Waals surface area contributed by atoms with Crippen molar-refractivity contribution in [2.45, 2.75) is 245 Å². The number of esters is 2. The molecule has 0 spiro atoms. The Hall–Kier alpha value is -1.10. The number of aliphatic hydroxyl groups excluding tert-OH is 1. The molecule has 0 aliphatic rings. The van der Waals surface area contributed by atoms with Gasteiger partial charge in [0.2, 0.25) is 0 Å². The Labute approximate surface area is 299 Å². The van der Waals surface area contributed by atoms with E-state index in [1.807, 2.05) is 0 Å². The van der Waals surface area contributed by atoms with Gasteiger partial charge in [-0.25, -0.2) is 0 Å². The summed E-state index contributed by atoms with van der Waals surface area (Å²) in [5.41, 5.74) is 0. The summed E-state index contributed by atoms with van der Waals surface area (Å²) < 4.78 is 10.6. The first-order valence-electron chi connectivity index (χ1n) is 21.5. The van der Waals surface area contributed by atoms with Gasteiger partial charge in [-0.15, -0.1) is 0 Å². The lowest BCUT2D eigenvalue weighted by molar-refractivity contribution is -0.161. The molecule has 0 aromatic heterocycles. The van der Waals surface area contributed by atoms with Crippen molar-refractivity contribution in [1.82, 2.24) is 0 Å². The maximum absolute atomic E-state index is 12.2. The van der Waals surface area contributed by atoms with Gasteiger partial charge in [0, 0.05) is 12.8 Å². The summed E-state index contributed by atoms with van der Waals surface area (Å²) in [5.74, 6) is 0.267. The van der Waals surface area contributed by atoms with Gasteiger partial charge in [-0.2, -0.15) is 0 Å². The molecule has 0 heterocycles. The number of carbonyl (C=O) groups excluding carboxylic acids is 2. The highest BCUT2D eigenvalue weighted by Gasteiger charge is 2.16. The van der Waals surface area contributed by atoms with Gasteiger partial charge in [0.1, 0.15) is 6.61 Å². The minimum absolute atomic E-state index is 0.0574. The quantitative estimate of drug-likeness (QED) is 0.0517. The lowest BCUT2D eigenvalue weighted by Gasteiger charge is -2.15. The van der Waals surface area contributed by atoms with E-state index in [1.165, 1.54) is 173 Å². The number of aliphatic hydroxyl groups is 1. The molecule has 5 nitrogen and oxygen atoms in total. The van der Waals surface area contributed by atoms with Crippen molar-refractivity contribution in [1.29, 1.82) is 0 Å². The lowest BCUT2D eigenvalue weighted by Crippen LogP contribution is -2.28. The van der Waals surface area contributed by atoms with Crippen molar-refractivity contribution >= 4 is 11.9 Å². The van der Waals surface area contributed by atoms with Gasteiger partial charge < -0.3 is 14.6 Å². The molecule has 0 aliphatic heterocycles. The normalized spacial score (nSPS) is 12.1. The third kappa shape index (κ3) is 37.7. The van der Waals surface area contributed by atoms with Crippen LogP contribution in [0.15, 0.2) is 0 Å². The molecule has 48 heavy (non-hydrogen) atoms. The highest BCUT2D eigenvalue weighted by atomic mass is 16.6. The zero-order valence-electron chi connectivity index (χ0n) is 32.7. The Bertz CT molecular complexity index is 664. The number of unbranched alkanes of at least 4 members (excludes halogenated alkanes) is 29. The molecule has 0 bridgehead atoms. The van der Waals surface area contributed by atoms with Gasteiger partial charge in [0.05, 0.1) is 6.61 Å². The molecule has 1 N–H and O–H groups in total. The predicted molar refractivity (Wildman–Crippen MR) is 205 cm³/mol. The van der Waals surface area contributed by atoms with Gasteiger partial charge in [0.15, 0.2) is 6.10 Å². The number of hydrogen-bond acceptors (Lipinski definition) is 5. The first-order chi connectivity index (χ1) is 23.5. The smallest absolute Gasteiger partial charge is 0.306 e. The van der Waals surface area contributed by atoms with Crippen LogP contribution in [0.2, 0.25) is 0 Å². The van der Waals surface area contributed by atoms with Crippen LogP contribution >= 0.6 is 0 Å². The first-order valence-corrected chi connectivity index (χ1v) is 21.5. The molecule has 0 saturated carbocycles. The molecule has 5 heteroatoms. The Morgan fingerprint density at radius 2 is 0.771 bits per heavy atom. The summed E-state index contributed by atoms with van der Waals surface area (Å²) in [4.78, 5) is 24.3. The SMILES string of the molecule is CCCCCCCCCCCCCCCCCCCCCC(=O)OC[C@H](CO)OC(=O)CCCCCCCCCCCCCCC(C)C. The van der Waals surface area contributed by atoms with Crippen molar-refractivity contribution in [3.05, 3.63) is 0 Å². The molecule has 0 saturated heterocycles. The molecule has 0 aromatic carbocycles. The van der Waals surface area contributed by atoms with Crippen LogP contribution in [-0.2, 0) is 19.1 Å². The topological polar surface area (TPSA) is 72.8 Å². The van der Waals surface area contributed by atoms with Crippen LogP contribution in [0.5, 0.6) is 0 Å². The van der Waals surface area contributed by atoms with E-state index >= 15 is 0 Å². The van der Waals surface area contributed by atoms with E-state index in [9.17, 15) is 14.7 Å². The third-order valence-corrected chi connectivity index (χ3v) is 9.83. The molecule has 0 rings (SSSR count). The van der Waals surface area contributed by atoms with Crippen LogP contribution in [-0.4, -0.2) is 36.4 Å². The Morgan fingerprint density at radius 3 is 1.10 bits per heavy atom. The standard InChI is InChI=1S/C43H84O5/c1-4-5-6-7-8-9-10-11-12-13-14-15-16-17-21-24-27-30-33-36-42(45)47-39-41(38-44)48-43(46)37-34-31-28-25-22-19-18-20-23-26-29-32-35-40(2)3/h40-41,44H,4-39H2,1-3H3/t41-/m0/s1. The van der Waals surface area contributed by atoms with Crippen molar-refractivity contribution in [3.63, 3.8) is 0 Å². The summed E-state index contributed by atoms with van der Waals surface area (Å²) in [6.07, 6.45) is 41.7. The fourth-order valence-corrected chi connectivity index (χ4v) is 6.56. The van der Waals surface area contributed by atoms with E-state index in [2.05, 4.69) is 20.8 Å². The van der Waals surface area contributed by atoms with E-state index in [1.54, 1.807) is 0 Å². The highest BCUT2D eigenvalue weighted by molar-refractivity contribution is 5.70. The van der Waals surface area contributed by atoms with Crippen LogP contribution in [0.3, 0.4) is 0 Å². The zero-order valence-corrected chi connectivity index (χ0v) is 32.7. The largest absolute Gasteiger partial charge is 0.462 e. The monoisotopic (exact) mass is 681 g/mol. The molecule has 0 amide bonds. The molecule has 0 radical (unpaired) electrons. The number of ether oxygens (including phenoxy) is 2. The van der Waals surface area contributed by atoms with Crippen molar-refractivity contribution < 1.29 is 24.2 Å². The van der Waals surface area contributed by atoms with E-state index < -0.39 is 6.10 Å². The van der Waals surface area contributed by atoms with Gasteiger partial charge in [-0.05, 0) is 18.8 Å². The second-order valence-electron chi connectivity index (χ2n) is 15.3. The maximum atomic E-state index is 12.2. The molecular weight excluding hydrogens is 596 g/mol. The third-order valence-electron chi connectivity index (χ3n) is 9.83. The molecular formula is C43H84O5. The van der Waals surface area contributed by atoms with Gasteiger partial charge in [-0.1, -0.05) is 213 Å². The Morgan fingerprint density at radius 1 is 0.458 bits per heavy atom. The second kappa shape index (κ2) is 38.7. The first kappa shape index (κ1) is 46.9. The fraction of sp³-hybridized carbons (Fsp3) is 0.953. The molecule has 0 aliphatic carbocycles. The van der Waals surface area contributed by atoms with E-state index in [0.29, 0.717) is 12.8 Å². The number of hydrogen-bond donors (Lipinski definition) is 1. The molecule has 0 aromatic rings. The van der Waals surface area contributed by atoms with Gasteiger partial charge in [-0.3, -0.25) is 9.59 Å². The summed E-state index contributed by atoms with van der Waals surface area (Å²) in [5, 5.41) is 9.57. The summed E-state index contributed by atoms with van der Waals surface area (Å²) in [6.45, 7) is 6.52. The van der Waals surface area contributed by atoms with Crippen LogP contribution in [0, 0.1) is 5.92 Å². The maximum Gasteiger partial charge on any atom is 0.306 e. The lowest BCUT2D eigenvalue weighted by atomic mass is 10.0. The van der Waals surface area contributed by atoms with Crippen LogP contribution in [0.25, 0.3) is 0 Å². The molecule has 286 valence electrons. The molecule has 0 unspecified atom stereocenters. The van der Waals surface area contributed by atoms with Gasteiger partial charge >= 0.3 is 11.9 Å². The van der Waals surface area contributed by atoms with E-state index in [0.717, 1.165) is 38.0 Å². The minimum Gasteiger partial charge on any atom is -0.462 e. The Kier molecular flexibility index (Phi) is 37.8. The van der Waals surface area contributed by atoms with Crippen molar-refractivity contribution in [2.75, 3.05) is 13.2 Å². The number of carbonyl (C=O) groups is 2. The molecule has 0 fully saturated rings. The van der Waals surface area contributed by atoms with E-state index in [4.69, 9.17) is 9.47 Å². The van der Waals surface area contributed by atoms with Crippen molar-refractivity contribution in [3.8, 4) is 0 Å². The Balaban J connectivity index is 3.47. The fourth-order valence-electron chi connectivity index (χ4n) is 6.56. The second-order valence-corrected chi connectivity index (χ2v) is 15.3.